The Morgan fingerprint density at radius 1 is 1.04 bits per heavy atom. The summed E-state index contributed by atoms with van der Waals surface area (Å²) in [6.07, 6.45) is 3.47. The van der Waals surface area contributed by atoms with E-state index >= 15 is 0 Å². The van der Waals surface area contributed by atoms with Crippen molar-refractivity contribution in [1.29, 1.82) is 0 Å². The Morgan fingerprint density at radius 3 is 2.68 bits per heavy atom. The number of carbonyl (C=O) groups excluding carboxylic acids is 1. The van der Waals surface area contributed by atoms with Crippen LogP contribution in [0, 0.1) is 0 Å². The predicted molar refractivity (Wildman–Crippen MR) is 102 cm³/mol. The first-order chi connectivity index (χ1) is 12.3. The summed E-state index contributed by atoms with van der Waals surface area (Å²) in [5.41, 5.74) is 2.65. The molecule has 0 spiro atoms. The molecule has 1 unspecified atom stereocenters. The van der Waals surface area contributed by atoms with Crippen molar-refractivity contribution < 1.29 is 4.79 Å². The highest BCUT2D eigenvalue weighted by atomic mass is 32.2. The van der Waals surface area contributed by atoms with Crippen LogP contribution in [0.3, 0.4) is 0 Å². The van der Waals surface area contributed by atoms with Gasteiger partial charge < -0.3 is 5.32 Å². The molecule has 1 aliphatic heterocycles. The molecule has 0 saturated heterocycles. The molecule has 1 amide bonds. The first-order valence-electron chi connectivity index (χ1n) is 8.02. The number of nitrogens with zero attached hydrogens (tertiary/aromatic N) is 2. The number of rotatable bonds is 4. The Hall–Kier alpha value is -2.79. The smallest absolute Gasteiger partial charge is 0.261 e. The minimum absolute atomic E-state index is 0.0344. The zero-order chi connectivity index (χ0) is 17.2. The van der Waals surface area contributed by atoms with Crippen LogP contribution in [0.5, 0.6) is 0 Å². The third-order valence-corrected chi connectivity index (χ3v) is 4.96. The fourth-order valence-electron chi connectivity index (χ4n) is 3.06. The molecule has 1 N–H and O–H groups in total. The summed E-state index contributed by atoms with van der Waals surface area (Å²) in [5, 5.41) is 3.50. The minimum Gasteiger partial charge on any atom is -0.361 e. The number of fused-ring (bicyclic) bond motifs is 1. The molecule has 4 rings (SSSR count). The molecule has 2 aromatic carbocycles. The van der Waals surface area contributed by atoms with Gasteiger partial charge in [-0.05, 0) is 42.7 Å². The van der Waals surface area contributed by atoms with Crippen LogP contribution in [0.15, 0.2) is 77.8 Å². The SMILES string of the molecule is CSc1cccc(NC2c3ccccc3C(=O)N2c2ccccn2)c1. The molecule has 1 aromatic heterocycles. The standard InChI is InChI=1S/C20H17N3OS/c1-25-15-8-6-7-14(13-15)22-19-16-9-2-3-10-17(16)20(24)23(19)18-11-4-5-12-21-18/h2-13,19,22H,1H3. The Kier molecular flexibility index (Phi) is 4.15. The first kappa shape index (κ1) is 15.7. The third kappa shape index (κ3) is 2.87. The lowest BCUT2D eigenvalue weighted by Gasteiger charge is -2.26. The van der Waals surface area contributed by atoms with E-state index in [2.05, 4.69) is 22.4 Å². The molecule has 124 valence electrons. The van der Waals surface area contributed by atoms with Crippen LogP contribution >= 0.6 is 11.8 Å². The second-order valence-corrected chi connectivity index (χ2v) is 6.61. The topological polar surface area (TPSA) is 45.2 Å². The molecule has 3 aromatic rings. The van der Waals surface area contributed by atoms with Gasteiger partial charge in [0.2, 0.25) is 0 Å². The second-order valence-electron chi connectivity index (χ2n) is 5.73. The van der Waals surface area contributed by atoms with Crippen LogP contribution in [0.25, 0.3) is 0 Å². The number of thioether (sulfide) groups is 1. The maximum absolute atomic E-state index is 13.0. The van der Waals surface area contributed by atoms with Gasteiger partial charge in [0.1, 0.15) is 12.0 Å². The number of hydrogen-bond acceptors (Lipinski definition) is 4. The van der Waals surface area contributed by atoms with Crippen molar-refractivity contribution in [3.05, 3.63) is 84.1 Å². The highest BCUT2D eigenvalue weighted by Crippen LogP contribution is 2.37. The number of nitrogens with one attached hydrogen (secondary N) is 1. The summed E-state index contributed by atoms with van der Waals surface area (Å²) in [4.78, 5) is 20.2. The van der Waals surface area contributed by atoms with Crippen LogP contribution in [0.4, 0.5) is 11.5 Å². The van der Waals surface area contributed by atoms with Gasteiger partial charge in [0, 0.05) is 27.9 Å². The quantitative estimate of drug-likeness (QED) is 0.702. The molecule has 4 nitrogen and oxygen atoms in total. The molecule has 0 fully saturated rings. The van der Waals surface area contributed by atoms with Crippen LogP contribution in [0.1, 0.15) is 22.1 Å². The van der Waals surface area contributed by atoms with Crippen molar-refractivity contribution in [1.82, 2.24) is 4.98 Å². The van der Waals surface area contributed by atoms with Crippen LogP contribution in [-0.2, 0) is 0 Å². The maximum atomic E-state index is 13.0. The fourth-order valence-corrected chi connectivity index (χ4v) is 3.52. The summed E-state index contributed by atoms with van der Waals surface area (Å²) < 4.78 is 0. The zero-order valence-electron chi connectivity index (χ0n) is 13.7. The van der Waals surface area contributed by atoms with E-state index in [-0.39, 0.29) is 12.1 Å². The summed E-state index contributed by atoms with van der Waals surface area (Å²) in [5.74, 6) is 0.607. The summed E-state index contributed by atoms with van der Waals surface area (Å²) >= 11 is 1.69. The van der Waals surface area contributed by atoms with Gasteiger partial charge in [-0.15, -0.1) is 11.8 Å². The van der Waals surface area contributed by atoms with E-state index < -0.39 is 0 Å². The molecule has 1 aliphatic rings. The second kappa shape index (κ2) is 6.61. The lowest BCUT2D eigenvalue weighted by atomic mass is 10.1. The lowest BCUT2D eigenvalue weighted by Crippen LogP contribution is -2.32. The van der Waals surface area contributed by atoms with E-state index in [1.54, 1.807) is 22.9 Å². The van der Waals surface area contributed by atoms with Gasteiger partial charge in [-0.2, -0.15) is 0 Å². The molecule has 2 heterocycles. The molecule has 0 aliphatic carbocycles. The van der Waals surface area contributed by atoms with Gasteiger partial charge in [-0.25, -0.2) is 4.98 Å². The number of aromatic nitrogens is 1. The highest BCUT2D eigenvalue weighted by Gasteiger charge is 2.38. The van der Waals surface area contributed by atoms with Gasteiger partial charge in [0.05, 0.1) is 0 Å². The van der Waals surface area contributed by atoms with Gasteiger partial charge in [-0.3, -0.25) is 9.69 Å². The van der Waals surface area contributed by atoms with E-state index in [1.807, 2.05) is 60.9 Å². The van der Waals surface area contributed by atoms with E-state index in [9.17, 15) is 4.79 Å². The van der Waals surface area contributed by atoms with Crippen LogP contribution in [0.2, 0.25) is 0 Å². The number of pyridine rings is 1. The molecular formula is C20H17N3OS. The summed E-state index contributed by atoms with van der Waals surface area (Å²) in [6.45, 7) is 0. The van der Waals surface area contributed by atoms with Crippen molar-refractivity contribution in [3.63, 3.8) is 0 Å². The molecular weight excluding hydrogens is 330 g/mol. The molecule has 0 bridgehead atoms. The highest BCUT2D eigenvalue weighted by molar-refractivity contribution is 7.98. The van der Waals surface area contributed by atoms with Crippen molar-refractivity contribution in [2.24, 2.45) is 0 Å². The van der Waals surface area contributed by atoms with E-state index in [0.29, 0.717) is 11.4 Å². The van der Waals surface area contributed by atoms with Gasteiger partial charge in [0.15, 0.2) is 0 Å². The number of carbonyl (C=O) groups is 1. The number of amides is 1. The molecule has 0 saturated carbocycles. The third-order valence-electron chi connectivity index (χ3n) is 4.23. The molecule has 25 heavy (non-hydrogen) atoms. The van der Waals surface area contributed by atoms with Crippen molar-refractivity contribution in [3.8, 4) is 0 Å². The van der Waals surface area contributed by atoms with Crippen LogP contribution in [-0.4, -0.2) is 17.1 Å². The maximum Gasteiger partial charge on any atom is 0.261 e. The zero-order valence-corrected chi connectivity index (χ0v) is 14.5. The van der Waals surface area contributed by atoms with Crippen molar-refractivity contribution in [2.75, 3.05) is 16.5 Å². The Bertz CT molecular complexity index is 914. The fraction of sp³-hybridized carbons (Fsp3) is 0.100. The van der Waals surface area contributed by atoms with E-state index in [0.717, 1.165) is 11.3 Å². The monoisotopic (exact) mass is 347 g/mol. The molecule has 0 radical (unpaired) electrons. The Morgan fingerprint density at radius 2 is 1.88 bits per heavy atom. The lowest BCUT2D eigenvalue weighted by molar-refractivity contribution is 0.0992. The van der Waals surface area contributed by atoms with Crippen LogP contribution < -0.4 is 10.2 Å². The Labute approximate surface area is 150 Å². The number of benzene rings is 2. The molecule has 1 atom stereocenters. The van der Waals surface area contributed by atoms with Gasteiger partial charge in [0.25, 0.3) is 5.91 Å². The summed E-state index contributed by atoms with van der Waals surface area (Å²) in [7, 11) is 0. The van der Waals surface area contributed by atoms with Crippen molar-refractivity contribution >= 4 is 29.2 Å². The predicted octanol–water partition coefficient (Wildman–Crippen LogP) is 4.57. The Balaban J connectivity index is 1.77. The normalized spacial score (nSPS) is 16.0. The van der Waals surface area contributed by atoms with E-state index in [1.165, 1.54) is 4.90 Å². The number of anilines is 2. The first-order valence-corrected chi connectivity index (χ1v) is 9.24. The molecule has 5 heteroatoms. The summed E-state index contributed by atoms with van der Waals surface area (Å²) in [6, 6.07) is 21.5. The minimum atomic E-state index is -0.282. The average molecular weight is 347 g/mol. The number of hydrogen-bond donors (Lipinski definition) is 1. The largest absolute Gasteiger partial charge is 0.361 e. The van der Waals surface area contributed by atoms with Gasteiger partial charge in [-0.1, -0.05) is 30.3 Å². The van der Waals surface area contributed by atoms with Crippen molar-refractivity contribution in [2.45, 2.75) is 11.1 Å². The van der Waals surface area contributed by atoms with E-state index in [4.69, 9.17) is 0 Å². The average Bonchev–Trinajstić information content (AvgIpc) is 2.95. The van der Waals surface area contributed by atoms with Gasteiger partial charge >= 0.3 is 0 Å².